The van der Waals surface area contributed by atoms with Crippen LogP contribution in [0.5, 0.6) is 17.2 Å². The van der Waals surface area contributed by atoms with Gasteiger partial charge in [-0.1, -0.05) is 90.2 Å². The van der Waals surface area contributed by atoms with Crippen LogP contribution >= 0.6 is 11.3 Å². The monoisotopic (exact) mass is 586 g/mol. The normalized spacial score (nSPS) is 15.7. The minimum absolute atomic E-state index is 0.0755. The van der Waals surface area contributed by atoms with Crippen LogP contribution in [0.3, 0.4) is 0 Å². The Kier molecular flexibility index (Phi) is 7.17. The summed E-state index contributed by atoms with van der Waals surface area (Å²) in [5.74, 6) is 2.01. The second-order valence-electron chi connectivity index (χ2n) is 10.5. The molecule has 0 fully saturated rings. The molecule has 7 rings (SSSR count). The van der Waals surface area contributed by atoms with E-state index in [9.17, 15) is 4.79 Å². The Bertz CT molecular complexity index is 2040. The highest BCUT2D eigenvalue weighted by Crippen LogP contribution is 2.43. The van der Waals surface area contributed by atoms with Crippen LogP contribution in [0, 0.1) is 0 Å². The number of hydrogen-bond donors (Lipinski definition) is 0. The van der Waals surface area contributed by atoms with Gasteiger partial charge in [-0.25, -0.2) is 4.99 Å². The van der Waals surface area contributed by atoms with Crippen molar-refractivity contribution in [1.82, 2.24) is 4.57 Å². The van der Waals surface area contributed by atoms with Crippen LogP contribution in [0.25, 0.3) is 11.8 Å². The standard InChI is InChI=1S/C36H30N2O4S/c1-40-29-15-9-8-14-27(29)34-28-18-17-25-12-6-7-13-26(25)33(28)37-36-38(34)35(39)32(43-36)21-24-16-19-30(31(20-24)41-2)42-22-23-10-4-3-5-11-23/h3-16,19-21,34H,17-18,22H2,1-2H3/b32-21-. The molecule has 0 amide bonds. The van der Waals surface area contributed by atoms with E-state index in [-0.39, 0.29) is 11.6 Å². The Morgan fingerprint density at radius 2 is 1.63 bits per heavy atom. The van der Waals surface area contributed by atoms with E-state index >= 15 is 0 Å². The lowest BCUT2D eigenvalue weighted by Gasteiger charge is -2.31. The Morgan fingerprint density at radius 3 is 2.47 bits per heavy atom. The number of aromatic nitrogens is 1. The van der Waals surface area contributed by atoms with Crippen molar-refractivity contribution in [1.29, 1.82) is 0 Å². The molecule has 1 aromatic heterocycles. The zero-order valence-corrected chi connectivity index (χ0v) is 24.8. The fourth-order valence-electron chi connectivity index (χ4n) is 5.97. The van der Waals surface area contributed by atoms with Crippen LogP contribution < -0.4 is 29.1 Å². The molecule has 0 spiro atoms. The van der Waals surface area contributed by atoms with E-state index in [0.717, 1.165) is 52.1 Å². The van der Waals surface area contributed by atoms with E-state index in [4.69, 9.17) is 19.2 Å². The first-order valence-electron chi connectivity index (χ1n) is 14.3. The van der Waals surface area contributed by atoms with Crippen molar-refractivity contribution in [2.75, 3.05) is 14.2 Å². The smallest absolute Gasteiger partial charge is 0.271 e. The third-order valence-electron chi connectivity index (χ3n) is 8.03. The fourth-order valence-corrected chi connectivity index (χ4v) is 6.97. The molecule has 1 aliphatic heterocycles. The number of aryl methyl sites for hydroxylation is 1. The molecule has 0 saturated heterocycles. The van der Waals surface area contributed by atoms with Gasteiger partial charge in [0.05, 0.1) is 30.5 Å². The number of ether oxygens (including phenoxy) is 3. The van der Waals surface area contributed by atoms with Gasteiger partial charge in [0, 0.05) is 11.1 Å². The van der Waals surface area contributed by atoms with E-state index in [2.05, 4.69) is 30.3 Å². The first-order chi connectivity index (χ1) is 21.1. The molecule has 0 radical (unpaired) electrons. The van der Waals surface area contributed by atoms with Crippen molar-refractivity contribution in [3.05, 3.63) is 150 Å². The van der Waals surface area contributed by atoms with Crippen LogP contribution in [0.15, 0.2) is 112 Å². The molecule has 1 unspecified atom stereocenters. The predicted molar refractivity (Wildman–Crippen MR) is 170 cm³/mol. The van der Waals surface area contributed by atoms with E-state index in [1.807, 2.05) is 77.4 Å². The van der Waals surface area contributed by atoms with Gasteiger partial charge in [0.25, 0.3) is 5.56 Å². The maximum Gasteiger partial charge on any atom is 0.271 e. The number of allylic oxidation sites excluding steroid dienone is 1. The van der Waals surface area contributed by atoms with Crippen molar-refractivity contribution in [3.63, 3.8) is 0 Å². The highest BCUT2D eigenvalue weighted by atomic mass is 32.1. The molecule has 4 aromatic carbocycles. The zero-order chi connectivity index (χ0) is 29.3. The van der Waals surface area contributed by atoms with Crippen LogP contribution in [0.4, 0.5) is 0 Å². The summed E-state index contributed by atoms with van der Waals surface area (Å²) in [6.45, 7) is 0.436. The molecule has 214 valence electrons. The Morgan fingerprint density at radius 1 is 0.860 bits per heavy atom. The van der Waals surface area contributed by atoms with Crippen molar-refractivity contribution in [2.24, 2.45) is 4.99 Å². The van der Waals surface area contributed by atoms with Gasteiger partial charge in [0.15, 0.2) is 16.3 Å². The molecular weight excluding hydrogens is 556 g/mol. The quantitative estimate of drug-likeness (QED) is 0.238. The SMILES string of the molecule is COc1cc(/C=c2\sc3n(c2=O)C(c2ccccc2OC)C2=C(N=3)c3ccccc3CC2)ccc1OCc1ccccc1. The second kappa shape index (κ2) is 11.4. The summed E-state index contributed by atoms with van der Waals surface area (Å²) < 4.78 is 19.9. The first kappa shape index (κ1) is 27.0. The summed E-state index contributed by atoms with van der Waals surface area (Å²) in [6.07, 6.45) is 3.63. The van der Waals surface area contributed by atoms with Gasteiger partial charge in [-0.2, -0.15) is 0 Å². The molecule has 6 nitrogen and oxygen atoms in total. The summed E-state index contributed by atoms with van der Waals surface area (Å²) in [5.41, 5.74) is 7.33. The summed E-state index contributed by atoms with van der Waals surface area (Å²) in [5, 5.41) is 0. The van der Waals surface area contributed by atoms with Gasteiger partial charge in [-0.3, -0.25) is 9.36 Å². The van der Waals surface area contributed by atoms with Gasteiger partial charge in [0.1, 0.15) is 12.4 Å². The molecule has 0 bridgehead atoms. The van der Waals surface area contributed by atoms with E-state index in [1.165, 1.54) is 16.9 Å². The first-order valence-corrected chi connectivity index (χ1v) is 15.1. The lowest BCUT2D eigenvalue weighted by Crippen LogP contribution is -2.39. The summed E-state index contributed by atoms with van der Waals surface area (Å²) >= 11 is 1.41. The van der Waals surface area contributed by atoms with Crippen molar-refractivity contribution < 1.29 is 14.2 Å². The number of thiazole rings is 1. The molecule has 43 heavy (non-hydrogen) atoms. The Labute approximate surface area is 253 Å². The predicted octanol–water partition coefficient (Wildman–Crippen LogP) is 5.91. The van der Waals surface area contributed by atoms with Gasteiger partial charge in [0.2, 0.25) is 0 Å². The largest absolute Gasteiger partial charge is 0.496 e. The number of para-hydroxylation sites is 1. The topological polar surface area (TPSA) is 62.0 Å². The number of methoxy groups -OCH3 is 2. The minimum Gasteiger partial charge on any atom is -0.496 e. The summed E-state index contributed by atoms with van der Waals surface area (Å²) in [6, 6.07) is 31.8. The Balaban J connectivity index is 1.34. The van der Waals surface area contributed by atoms with Crippen LogP contribution in [0.2, 0.25) is 0 Å². The lowest BCUT2D eigenvalue weighted by molar-refractivity contribution is 0.284. The molecule has 2 aliphatic rings. The molecule has 0 saturated carbocycles. The van der Waals surface area contributed by atoms with Crippen molar-refractivity contribution in [2.45, 2.75) is 25.5 Å². The number of benzene rings is 4. The average Bonchev–Trinajstić information content (AvgIpc) is 3.37. The summed E-state index contributed by atoms with van der Waals surface area (Å²) in [7, 11) is 3.30. The minimum atomic E-state index is -0.304. The van der Waals surface area contributed by atoms with Crippen molar-refractivity contribution in [3.8, 4) is 17.2 Å². The molecule has 2 heterocycles. The number of hydrogen-bond acceptors (Lipinski definition) is 6. The molecule has 1 aliphatic carbocycles. The van der Waals surface area contributed by atoms with E-state index in [0.29, 0.717) is 27.4 Å². The number of rotatable bonds is 7. The third-order valence-corrected chi connectivity index (χ3v) is 9.01. The highest BCUT2D eigenvalue weighted by molar-refractivity contribution is 7.07. The Hall–Kier alpha value is -4.88. The molecule has 7 heteroatoms. The van der Waals surface area contributed by atoms with Gasteiger partial charge in [-0.05, 0) is 59.4 Å². The second-order valence-corrected chi connectivity index (χ2v) is 11.5. The van der Waals surface area contributed by atoms with Gasteiger partial charge < -0.3 is 14.2 Å². The van der Waals surface area contributed by atoms with E-state index in [1.54, 1.807) is 14.2 Å². The highest BCUT2D eigenvalue weighted by Gasteiger charge is 2.34. The third kappa shape index (κ3) is 4.96. The van der Waals surface area contributed by atoms with Crippen molar-refractivity contribution >= 4 is 23.1 Å². The molecule has 1 atom stereocenters. The van der Waals surface area contributed by atoms with Gasteiger partial charge in [-0.15, -0.1) is 0 Å². The number of fused-ring (bicyclic) bond motifs is 3. The van der Waals surface area contributed by atoms with Crippen LogP contribution in [-0.2, 0) is 13.0 Å². The summed E-state index contributed by atoms with van der Waals surface area (Å²) in [4.78, 5) is 20.0. The zero-order valence-electron chi connectivity index (χ0n) is 23.9. The maximum atomic E-state index is 14.2. The number of nitrogens with zero attached hydrogens (tertiary/aromatic N) is 2. The molecule has 5 aromatic rings. The van der Waals surface area contributed by atoms with Crippen LogP contribution in [-0.4, -0.2) is 18.8 Å². The average molecular weight is 587 g/mol. The molecule has 0 N–H and O–H groups in total. The van der Waals surface area contributed by atoms with Gasteiger partial charge >= 0.3 is 0 Å². The lowest BCUT2D eigenvalue weighted by atomic mass is 9.83. The van der Waals surface area contributed by atoms with Crippen LogP contribution in [0.1, 0.15) is 40.3 Å². The van der Waals surface area contributed by atoms with E-state index < -0.39 is 0 Å². The maximum absolute atomic E-state index is 14.2. The fraction of sp³-hybridized carbons (Fsp3) is 0.167. The molecular formula is C36H30N2O4S.